The van der Waals surface area contributed by atoms with E-state index in [1.165, 1.54) is 0 Å². The zero-order valence-corrected chi connectivity index (χ0v) is 9.76. The molecule has 0 saturated heterocycles. The Morgan fingerprint density at radius 1 is 1.53 bits per heavy atom. The molecule has 0 atom stereocenters. The minimum absolute atomic E-state index is 0.142. The Morgan fingerprint density at radius 2 is 2.29 bits per heavy atom. The number of benzene rings is 1. The van der Waals surface area contributed by atoms with Crippen LogP contribution in [0.2, 0.25) is 0 Å². The maximum absolute atomic E-state index is 9.14. The summed E-state index contributed by atoms with van der Waals surface area (Å²) in [5, 5.41) is 12.1. The van der Waals surface area contributed by atoms with Gasteiger partial charge in [0.25, 0.3) is 0 Å². The van der Waals surface area contributed by atoms with E-state index >= 15 is 0 Å². The molecule has 0 spiro atoms. The van der Waals surface area contributed by atoms with Crippen LogP contribution in [0.4, 0.5) is 5.69 Å². The van der Waals surface area contributed by atoms with Crippen molar-refractivity contribution >= 4 is 11.6 Å². The van der Waals surface area contributed by atoms with Gasteiger partial charge < -0.3 is 20.9 Å². The Labute approximate surface area is 100 Å². The van der Waals surface area contributed by atoms with E-state index in [4.69, 9.17) is 15.6 Å². The second kappa shape index (κ2) is 5.05. The fraction of sp³-hybridized carbons (Fsp3) is 0.417. The van der Waals surface area contributed by atoms with Crippen molar-refractivity contribution < 1.29 is 9.84 Å². The largest absolute Gasteiger partial charge is 0.497 e. The number of hydrogen-bond acceptors (Lipinski definition) is 3. The summed E-state index contributed by atoms with van der Waals surface area (Å²) in [5.74, 6) is 1.14. The second-order valence-corrected chi connectivity index (χ2v) is 4.15. The number of ether oxygens (including phenoxy) is 1. The first-order valence-electron chi connectivity index (χ1n) is 5.60. The predicted octanol–water partition coefficient (Wildman–Crippen LogP) is 0.945. The Morgan fingerprint density at radius 3 is 2.94 bits per heavy atom. The monoisotopic (exact) mass is 235 g/mol. The Hall–Kier alpha value is -1.75. The molecule has 5 nitrogen and oxygen atoms in total. The highest BCUT2D eigenvalue weighted by molar-refractivity contribution is 5.92. The fourth-order valence-corrected chi connectivity index (χ4v) is 1.74. The van der Waals surface area contributed by atoms with Crippen molar-refractivity contribution in [3.05, 3.63) is 24.3 Å². The maximum Gasteiger partial charge on any atom is 0.193 e. The number of aliphatic imine (C=N–C) groups is 1. The maximum atomic E-state index is 9.14. The van der Waals surface area contributed by atoms with Gasteiger partial charge in [-0.1, -0.05) is 6.07 Å². The summed E-state index contributed by atoms with van der Waals surface area (Å²) in [7, 11) is 1.62. The molecular formula is C12H17N3O2. The van der Waals surface area contributed by atoms with E-state index in [2.05, 4.69) is 10.3 Å². The number of guanidine groups is 1. The Kier molecular flexibility index (Phi) is 3.49. The van der Waals surface area contributed by atoms with Crippen LogP contribution in [0.5, 0.6) is 5.75 Å². The minimum atomic E-state index is -0.214. The van der Waals surface area contributed by atoms with Gasteiger partial charge in [-0.05, 0) is 25.0 Å². The molecule has 0 aromatic heterocycles. The van der Waals surface area contributed by atoms with Gasteiger partial charge in [0, 0.05) is 11.8 Å². The van der Waals surface area contributed by atoms with Gasteiger partial charge in [-0.25, -0.2) is 4.99 Å². The number of anilines is 1. The quantitative estimate of drug-likeness (QED) is 0.538. The van der Waals surface area contributed by atoms with Crippen LogP contribution in [0.1, 0.15) is 12.8 Å². The van der Waals surface area contributed by atoms with Gasteiger partial charge in [-0.15, -0.1) is 0 Å². The Bertz CT molecular complexity index is 414. The van der Waals surface area contributed by atoms with Crippen molar-refractivity contribution in [3.63, 3.8) is 0 Å². The van der Waals surface area contributed by atoms with Crippen LogP contribution >= 0.6 is 0 Å². The molecule has 1 saturated carbocycles. The highest BCUT2D eigenvalue weighted by Gasteiger charge is 2.26. The fourth-order valence-electron chi connectivity index (χ4n) is 1.74. The number of hydrogen-bond donors (Lipinski definition) is 3. The molecule has 0 amide bonds. The molecule has 92 valence electrons. The predicted molar refractivity (Wildman–Crippen MR) is 67.3 cm³/mol. The summed E-state index contributed by atoms with van der Waals surface area (Å²) in [6.07, 6.45) is 1.18. The van der Waals surface area contributed by atoms with Crippen LogP contribution in [0, 0.1) is 0 Å². The molecule has 1 aliphatic rings. The molecule has 0 heterocycles. The molecule has 1 aromatic rings. The molecule has 17 heavy (non-hydrogen) atoms. The number of rotatable bonds is 3. The molecule has 2 rings (SSSR count). The third-order valence-corrected chi connectivity index (χ3v) is 2.75. The summed E-state index contributed by atoms with van der Waals surface area (Å²) in [6.45, 7) is 0. The second-order valence-electron chi connectivity index (χ2n) is 4.15. The first-order valence-corrected chi connectivity index (χ1v) is 5.60. The van der Waals surface area contributed by atoms with Crippen LogP contribution < -0.4 is 15.8 Å². The van der Waals surface area contributed by atoms with E-state index in [1.54, 1.807) is 7.11 Å². The molecule has 1 fully saturated rings. The van der Waals surface area contributed by atoms with Crippen LogP contribution in [0.15, 0.2) is 29.3 Å². The molecule has 1 aliphatic carbocycles. The number of aliphatic hydroxyl groups is 1. The first kappa shape index (κ1) is 11.7. The normalized spacial score (nSPS) is 24.0. The smallest absolute Gasteiger partial charge is 0.193 e. The van der Waals surface area contributed by atoms with Gasteiger partial charge in [0.05, 0.1) is 19.3 Å². The van der Waals surface area contributed by atoms with Crippen molar-refractivity contribution in [1.29, 1.82) is 0 Å². The van der Waals surface area contributed by atoms with Crippen molar-refractivity contribution in [2.45, 2.75) is 25.0 Å². The highest BCUT2D eigenvalue weighted by Crippen LogP contribution is 2.23. The number of nitrogens with zero attached hydrogens (tertiary/aromatic N) is 1. The molecule has 0 bridgehead atoms. The highest BCUT2D eigenvalue weighted by atomic mass is 16.5. The number of nitrogens with one attached hydrogen (secondary N) is 1. The molecular weight excluding hydrogens is 218 g/mol. The molecule has 0 radical (unpaired) electrons. The van der Waals surface area contributed by atoms with E-state index in [9.17, 15) is 0 Å². The topological polar surface area (TPSA) is 79.9 Å². The van der Waals surface area contributed by atoms with Crippen LogP contribution in [-0.4, -0.2) is 30.3 Å². The third kappa shape index (κ3) is 3.10. The average molecular weight is 235 g/mol. The van der Waals surface area contributed by atoms with Gasteiger partial charge in [0.15, 0.2) is 5.96 Å². The average Bonchev–Trinajstić information content (AvgIpc) is 2.27. The zero-order valence-electron chi connectivity index (χ0n) is 9.76. The van der Waals surface area contributed by atoms with Crippen molar-refractivity contribution in [2.75, 3.05) is 12.4 Å². The summed E-state index contributed by atoms with van der Waals surface area (Å²) in [5.41, 5.74) is 6.61. The number of aliphatic hydroxyl groups excluding tert-OH is 1. The van der Waals surface area contributed by atoms with Gasteiger partial charge in [-0.3, -0.25) is 0 Å². The van der Waals surface area contributed by atoms with Gasteiger partial charge in [-0.2, -0.15) is 0 Å². The molecule has 0 unspecified atom stereocenters. The number of methoxy groups -OCH3 is 1. The van der Waals surface area contributed by atoms with E-state index in [0.717, 1.165) is 11.4 Å². The zero-order chi connectivity index (χ0) is 12.3. The van der Waals surface area contributed by atoms with Crippen molar-refractivity contribution in [1.82, 2.24) is 0 Å². The van der Waals surface area contributed by atoms with Crippen LogP contribution in [0.3, 0.4) is 0 Å². The summed E-state index contributed by atoms with van der Waals surface area (Å²) >= 11 is 0. The van der Waals surface area contributed by atoms with E-state index in [1.807, 2.05) is 24.3 Å². The lowest BCUT2D eigenvalue weighted by atomic mass is 9.90. The SMILES string of the molecule is COc1cccc(NC(N)=NC2CC(O)C2)c1. The van der Waals surface area contributed by atoms with Gasteiger partial charge >= 0.3 is 0 Å². The molecule has 1 aromatic carbocycles. The first-order chi connectivity index (χ1) is 8.17. The van der Waals surface area contributed by atoms with Crippen LogP contribution in [-0.2, 0) is 0 Å². The van der Waals surface area contributed by atoms with Gasteiger partial charge in [0.1, 0.15) is 5.75 Å². The molecule has 5 heteroatoms. The summed E-state index contributed by atoms with van der Waals surface area (Å²) < 4.78 is 5.11. The van der Waals surface area contributed by atoms with Crippen molar-refractivity contribution in [3.8, 4) is 5.75 Å². The summed E-state index contributed by atoms with van der Waals surface area (Å²) in [6, 6.07) is 7.61. The van der Waals surface area contributed by atoms with E-state index in [-0.39, 0.29) is 12.1 Å². The third-order valence-electron chi connectivity index (χ3n) is 2.75. The van der Waals surface area contributed by atoms with Crippen molar-refractivity contribution in [2.24, 2.45) is 10.7 Å². The standard InChI is InChI=1S/C12H17N3O2/c1-17-11-4-2-3-8(7-11)14-12(13)15-9-5-10(16)6-9/h2-4,7,9-10,16H,5-6H2,1H3,(H3,13,14,15). The Balaban J connectivity index is 1.95. The van der Waals surface area contributed by atoms with Gasteiger partial charge in [0.2, 0.25) is 0 Å². The summed E-state index contributed by atoms with van der Waals surface area (Å²) in [4.78, 5) is 4.27. The molecule has 0 aliphatic heterocycles. The van der Waals surface area contributed by atoms with E-state index < -0.39 is 0 Å². The number of nitrogens with two attached hydrogens (primary N) is 1. The van der Waals surface area contributed by atoms with E-state index in [0.29, 0.717) is 18.8 Å². The lowest BCUT2D eigenvalue weighted by Crippen LogP contribution is -2.35. The lowest BCUT2D eigenvalue weighted by molar-refractivity contribution is 0.0778. The minimum Gasteiger partial charge on any atom is -0.497 e. The lowest BCUT2D eigenvalue weighted by Gasteiger charge is -2.28. The molecule has 4 N–H and O–H groups in total. The van der Waals surface area contributed by atoms with Crippen LogP contribution in [0.25, 0.3) is 0 Å².